The number of fused-ring (bicyclic) bond motifs is 1. The molecular weight excluding hydrogens is 580 g/mol. The minimum Gasteiger partial charge on any atom is -0.406 e. The van der Waals surface area contributed by atoms with Gasteiger partial charge in [0.1, 0.15) is 11.8 Å². The van der Waals surface area contributed by atoms with Crippen molar-refractivity contribution in [3.63, 3.8) is 0 Å². The minimum atomic E-state index is -2.70. The number of nitrogens with zero attached hydrogens (tertiary/aromatic N) is 4. The summed E-state index contributed by atoms with van der Waals surface area (Å²) in [4.78, 5) is 13.2. The molecule has 0 N–H and O–H groups in total. The van der Waals surface area contributed by atoms with Gasteiger partial charge in [-0.3, -0.25) is 0 Å². The molecule has 3 atom stereocenters. The molecule has 1 fully saturated rings. The molecule has 0 radical (unpaired) electrons. The van der Waals surface area contributed by atoms with E-state index in [4.69, 9.17) is 20.8 Å². The van der Waals surface area contributed by atoms with Gasteiger partial charge in [0.25, 0.3) is 8.32 Å². The molecule has 1 unspecified atom stereocenters. The molecule has 0 bridgehead atoms. The van der Waals surface area contributed by atoms with E-state index >= 15 is 0 Å². The van der Waals surface area contributed by atoms with Gasteiger partial charge in [0.2, 0.25) is 0 Å². The lowest BCUT2D eigenvalue weighted by molar-refractivity contribution is 0.00864. The summed E-state index contributed by atoms with van der Waals surface area (Å²) in [7, 11) is -2.70. The van der Waals surface area contributed by atoms with E-state index in [-0.39, 0.29) is 22.4 Å². The standard InChI is InChI=1S/C33H35ClN4O2SSi/c1-33(2,3)42(25-15-9-5-10-16-25,26-17-11-6-12-18-26)40-20-28-30(39-19-24-13-7-4-8-14-24)27(21-41-28)38-23-37-29-31(34)35-22-36-32(29)38/h4-18,22-23,27-28,30H,19-21H2,1-3H3/t27?,28-,30+/m1/s1. The van der Waals surface area contributed by atoms with Gasteiger partial charge in [-0.15, -0.1) is 0 Å². The van der Waals surface area contributed by atoms with E-state index in [2.05, 4.69) is 113 Å². The Bertz CT molecular complexity index is 1580. The molecule has 3 aromatic carbocycles. The van der Waals surface area contributed by atoms with Crippen molar-refractivity contribution >= 4 is 53.2 Å². The molecule has 3 heterocycles. The van der Waals surface area contributed by atoms with Gasteiger partial charge in [-0.1, -0.05) is 123 Å². The summed E-state index contributed by atoms with van der Waals surface area (Å²) >= 11 is 8.26. The number of aromatic nitrogens is 4. The van der Waals surface area contributed by atoms with E-state index < -0.39 is 8.32 Å². The first kappa shape index (κ1) is 29.1. The van der Waals surface area contributed by atoms with Crippen molar-refractivity contribution in [2.45, 2.75) is 49.8 Å². The Morgan fingerprint density at radius 2 is 1.50 bits per heavy atom. The highest BCUT2D eigenvalue weighted by Gasteiger charge is 2.51. The van der Waals surface area contributed by atoms with Gasteiger partial charge in [-0.2, -0.15) is 11.8 Å². The summed E-state index contributed by atoms with van der Waals surface area (Å²) < 4.78 is 16.2. The SMILES string of the molecule is CC(C)(C)[Si](OC[C@H]1SCC(n2cnc3c(Cl)ncnc32)[C@@H]1OCc1ccccc1)(c1ccccc1)c1ccccc1. The number of thioether (sulfide) groups is 1. The zero-order chi connectivity index (χ0) is 29.2. The second-order valence-electron chi connectivity index (χ2n) is 11.7. The van der Waals surface area contributed by atoms with Crippen LogP contribution in [0, 0.1) is 0 Å². The van der Waals surface area contributed by atoms with Crippen LogP contribution in [-0.4, -0.2) is 51.6 Å². The first-order chi connectivity index (χ1) is 20.4. The van der Waals surface area contributed by atoms with Crippen LogP contribution in [0.25, 0.3) is 11.2 Å². The van der Waals surface area contributed by atoms with E-state index in [1.54, 1.807) is 0 Å². The van der Waals surface area contributed by atoms with Crippen LogP contribution in [0.3, 0.4) is 0 Å². The second-order valence-corrected chi connectivity index (χ2v) is 17.6. The van der Waals surface area contributed by atoms with Gasteiger partial charge in [-0.05, 0) is 21.0 Å². The van der Waals surface area contributed by atoms with E-state index in [9.17, 15) is 0 Å². The van der Waals surface area contributed by atoms with E-state index in [1.165, 1.54) is 16.7 Å². The molecule has 0 amide bonds. The summed E-state index contributed by atoms with van der Waals surface area (Å²) in [6.45, 7) is 8.02. The number of rotatable bonds is 9. The van der Waals surface area contributed by atoms with Crippen molar-refractivity contribution in [3.05, 3.63) is 114 Å². The molecule has 2 aromatic heterocycles. The number of imidazole rings is 1. The van der Waals surface area contributed by atoms with Crippen LogP contribution in [-0.2, 0) is 15.8 Å². The maximum Gasteiger partial charge on any atom is 0.261 e. The number of benzene rings is 3. The molecule has 9 heteroatoms. The predicted molar refractivity (Wildman–Crippen MR) is 174 cm³/mol. The Balaban J connectivity index is 1.35. The third-order valence-corrected chi connectivity index (χ3v) is 14.7. The Hall–Kier alpha value is -3.01. The summed E-state index contributed by atoms with van der Waals surface area (Å²) in [6.07, 6.45) is 3.19. The van der Waals surface area contributed by atoms with E-state index in [0.717, 1.165) is 17.0 Å². The first-order valence-corrected chi connectivity index (χ1v) is 17.6. The van der Waals surface area contributed by atoms with Crippen LogP contribution in [0.2, 0.25) is 10.2 Å². The molecule has 0 spiro atoms. The Kier molecular flexibility index (Phi) is 8.52. The van der Waals surface area contributed by atoms with Crippen LogP contribution in [0.15, 0.2) is 104 Å². The molecule has 1 aliphatic rings. The fraction of sp³-hybridized carbons (Fsp3) is 0.303. The maximum absolute atomic E-state index is 7.37. The average Bonchev–Trinajstić information content (AvgIpc) is 3.62. The molecule has 42 heavy (non-hydrogen) atoms. The molecule has 0 aliphatic carbocycles. The quantitative estimate of drug-likeness (QED) is 0.143. The number of halogens is 1. The lowest BCUT2D eigenvalue weighted by atomic mass is 10.1. The Morgan fingerprint density at radius 3 is 2.12 bits per heavy atom. The second kappa shape index (κ2) is 12.3. The van der Waals surface area contributed by atoms with Gasteiger partial charge in [0.15, 0.2) is 10.8 Å². The summed E-state index contributed by atoms with van der Waals surface area (Å²) in [5.74, 6) is 0.849. The van der Waals surface area contributed by atoms with Gasteiger partial charge < -0.3 is 13.7 Å². The van der Waals surface area contributed by atoms with Crippen LogP contribution in [0.1, 0.15) is 32.4 Å². The lowest BCUT2D eigenvalue weighted by Crippen LogP contribution is -2.67. The van der Waals surface area contributed by atoms with Gasteiger partial charge in [0.05, 0.1) is 30.3 Å². The monoisotopic (exact) mass is 614 g/mol. The fourth-order valence-corrected chi connectivity index (χ4v) is 12.4. The lowest BCUT2D eigenvalue weighted by Gasteiger charge is -2.43. The predicted octanol–water partition coefficient (Wildman–Crippen LogP) is 6.30. The van der Waals surface area contributed by atoms with Crippen LogP contribution in [0.4, 0.5) is 0 Å². The minimum absolute atomic E-state index is 0.0161. The van der Waals surface area contributed by atoms with Crippen LogP contribution < -0.4 is 10.4 Å². The maximum atomic E-state index is 7.37. The number of ether oxygens (including phenoxy) is 1. The van der Waals surface area contributed by atoms with Crippen LogP contribution >= 0.6 is 23.4 Å². The average molecular weight is 615 g/mol. The van der Waals surface area contributed by atoms with E-state index in [1.807, 2.05) is 36.3 Å². The van der Waals surface area contributed by atoms with Crippen molar-refractivity contribution in [2.75, 3.05) is 12.4 Å². The van der Waals surface area contributed by atoms with Gasteiger partial charge in [-0.25, -0.2) is 15.0 Å². The van der Waals surface area contributed by atoms with Gasteiger partial charge >= 0.3 is 0 Å². The van der Waals surface area contributed by atoms with Crippen molar-refractivity contribution in [1.82, 2.24) is 19.5 Å². The zero-order valence-electron chi connectivity index (χ0n) is 24.1. The molecule has 6 rings (SSSR count). The third-order valence-electron chi connectivity index (χ3n) is 8.06. The highest BCUT2D eigenvalue weighted by atomic mass is 35.5. The molecule has 0 saturated carbocycles. The topological polar surface area (TPSA) is 62.1 Å². The van der Waals surface area contributed by atoms with Gasteiger partial charge in [0, 0.05) is 12.4 Å². The summed E-state index contributed by atoms with van der Waals surface area (Å²) in [5.41, 5.74) is 2.47. The highest BCUT2D eigenvalue weighted by Crippen LogP contribution is 2.42. The number of hydrogen-bond acceptors (Lipinski definition) is 6. The zero-order valence-corrected chi connectivity index (χ0v) is 26.6. The molecule has 1 saturated heterocycles. The molecule has 216 valence electrons. The Morgan fingerprint density at radius 1 is 0.881 bits per heavy atom. The van der Waals surface area contributed by atoms with Crippen molar-refractivity contribution in [2.24, 2.45) is 0 Å². The van der Waals surface area contributed by atoms with Crippen molar-refractivity contribution in [1.29, 1.82) is 0 Å². The largest absolute Gasteiger partial charge is 0.406 e. The molecule has 1 aliphatic heterocycles. The smallest absolute Gasteiger partial charge is 0.261 e. The summed E-state index contributed by atoms with van der Waals surface area (Å²) in [6, 6.07) is 31.9. The van der Waals surface area contributed by atoms with Crippen LogP contribution in [0.5, 0.6) is 0 Å². The van der Waals surface area contributed by atoms with Crippen molar-refractivity contribution < 1.29 is 9.16 Å². The van der Waals surface area contributed by atoms with E-state index in [0.29, 0.717) is 23.9 Å². The highest BCUT2D eigenvalue weighted by molar-refractivity contribution is 8.00. The normalized spacial score (nSPS) is 19.4. The first-order valence-electron chi connectivity index (χ1n) is 14.2. The summed E-state index contributed by atoms with van der Waals surface area (Å²) in [5, 5.41) is 2.91. The molecule has 6 nitrogen and oxygen atoms in total. The Labute approximate surface area is 257 Å². The third kappa shape index (κ3) is 5.54. The fourth-order valence-electron chi connectivity index (χ4n) is 6.06. The van der Waals surface area contributed by atoms with Crippen molar-refractivity contribution in [3.8, 4) is 0 Å². The molecule has 5 aromatic rings. The number of hydrogen-bond donors (Lipinski definition) is 0. The molecular formula is C33H35ClN4O2SSi.